The molecule has 0 aliphatic carbocycles. The minimum absolute atomic E-state index is 0.00807. The highest BCUT2D eigenvalue weighted by atomic mass is 35.5. The summed E-state index contributed by atoms with van der Waals surface area (Å²) in [6.45, 7) is 4.30. The summed E-state index contributed by atoms with van der Waals surface area (Å²) >= 11 is 11.6. The first-order chi connectivity index (χ1) is 14.1. The van der Waals surface area contributed by atoms with Crippen molar-refractivity contribution >= 4 is 29.1 Å². The van der Waals surface area contributed by atoms with E-state index in [4.69, 9.17) is 32.7 Å². The van der Waals surface area contributed by atoms with Crippen LogP contribution in [0.4, 0.5) is 0 Å². The topological polar surface area (TPSA) is 63.7 Å². The van der Waals surface area contributed by atoms with E-state index >= 15 is 0 Å². The Balaban J connectivity index is 1.25. The molecule has 3 rings (SSSR count). The van der Waals surface area contributed by atoms with E-state index in [1.54, 1.807) is 42.6 Å². The number of hydrogen-bond acceptors (Lipinski definition) is 5. The highest BCUT2D eigenvalue weighted by Crippen LogP contribution is 2.17. The van der Waals surface area contributed by atoms with Crippen molar-refractivity contribution in [2.24, 2.45) is 5.92 Å². The molecule has 0 saturated carbocycles. The van der Waals surface area contributed by atoms with Gasteiger partial charge >= 0.3 is 0 Å². The fraction of sp³-hybridized carbons (Fsp3) is 0.429. The lowest BCUT2D eigenvalue weighted by Crippen LogP contribution is -2.34. The molecule has 1 aromatic carbocycles. The molecule has 1 aliphatic rings. The average molecular weight is 438 g/mol. The first kappa shape index (κ1) is 21.7. The third kappa shape index (κ3) is 7.72. The highest BCUT2D eigenvalue weighted by Gasteiger charge is 2.22. The van der Waals surface area contributed by atoms with Crippen LogP contribution < -0.4 is 14.8 Å². The molecule has 6 nitrogen and oxygen atoms in total. The van der Waals surface area contributed by atoms with Crippen LogP contribution in [0.25, 0.3) is 0 Å². The summed E-state index contributed by atoms with van der Waals surface area (Å²) in [5, 5.41) is 4.20. The molecule has 1 atom stereocenters. The van der Waals surface area contributed by atoms with Gasteiger partial charge in [-0.3, -0.25) is 4.79 Å². The average Bonchev–Trinajstić information content (AvgIpc) is 3.18. The molecule has 1 unspecified atom stereocenters. The number of pyridine rings is 1. The van der Waals surface area contributed by atoms with Crippen LogP contribution in [0.15, 0.2) is 42.6 Å². The van der Waals surface area contributed by atoms with Gasteiger partial charge in [0.15, 0.2) is 6.61 Å². The maximum absolute atomic E-state index is 12.0. The molecule has 1 N–H and O–H groups in total. The van der Waals surface area contributed by atoms with Crippen molar-refractivity contribution < 1.29 is 14.3 Å². The van der Waals surface area contributed by atoms with Gasteiger partial charge in [-0.25, -0.2) is 4.98 Å². The van der Waals surface area contributed by atoms with Crippen molar-refractivity contribution in [1.82, 2.24) is 15.2 Å². The lowest BCUT2D eigenvalue weighted by atomic mass is 10.1. The number of likely N-dealkylation sites (tertiary alicyclic amines) is 1. The molecular formula is C21H25Cl2N3O3. The largest absolute Gasteiger partial charge is 0.484 e. The molecule has 1 aliphatic heterocycles. The molecular weight excluding hydrogens is 413 g/mol. The Bertz CT molecular complexity index is 772. The Labute approximate surface area is 181 Å². The molecule has 1 aromatic heterocycles. The van der Waals surface area contributed by atoms with Gasteiger partial charge in [0.05, 0.1) is 11.6 Å². The number of halogens is 2. The predicted molar refractivity (Wildman–Crippen MR) is 114 cm³/mol. The predicted octanol–water partition coefficient (Wildman–Crippen LogP) is 3.67. The third-order valence-corrected chi connectivity index (χ3v) is 5.19. The van der Waals surface area contributed by atoms with Crippen LogP contribution in [0.5, 0.6) is 11.6 Å². The molecule has 29 heavy (non-hydrogen) atoms. The van der Waals surface area contributed by atoms with Crippen LogP contribution in [0.1, 0.15) is 12.8 Å². The second kappa shape index (κ2) is 11.2. The third-order valence-electron chi connectivity index (χ3n) is 4.71. The summed E-state index contributed by atoms with van der Waals surface area (Å²) in [5.41, 5.74) is 0. The van der Waals surface area contributed by atoms with Gasteiger partial charge in [-0.05, 0) is 55.6 Å². The molecule has 1 fully saturated rings. The van der Waals surface area contributed by atoms with Gasteiger partial charge in [-0.2, -0.15) is 0 Å². The van der Waals surface area contributed by atoms with Gasteiger partial charge in [0.25, 0.3) is 5.91 Å². The second-order valence-electron chi connectivity index (χ2n) is 7.02. The van der Waals surface area contributed by atoms with E-state index in [2.05, 4.69) is 15.2 Å². The number of hydrogen-bond donors (Lipinski definition) is 1. The zero-order valence-electron chi connectivity index (χ0n) is 16.2. The molecule has 0 spiro atoms. The molecule has 1 amide bonds. The van der Waals surface area contributed by atoms with E-state index in [0.717, 1.165) is 32.5 Å². The number of carbonyl (C=O) groups is 1. The SMILES string of the molecule is O=C(COc1ccc(Cl)cc1)NCC1CCN(CCCOc2ccc(Cl)cn2)C1. The van der Waals surface area contributed by atoms with E-state index in [1.165, 1.54) is 0 Å². The normalized spacial score (nSPS) is 16.6. The fourth-order valence-corrected chi connectivity index (χ4v) is 3.42. The van der Waals surface area contributed by atoms with E-state index < -0.39 is 0 Å². The first-order valence-corrected chi connectivity index (χ1v) is 10.5. The van der Waals surface area contributed by atoms with E-state index in [9.17, 15) is 4.79 Å². The Morgan fingerprint density at radius 2 is 1.93 bits per heavy atom. The van der Waals surface area contributed by atoms with Gasteiger partial charge in [0.1, 0.15) is 5.75 Å². The smallest absolute Gasteiger partial charge is 0.257 e. The van der Waals surface area contributed by atoms with Crippen LogP contribution in [-0.4, -0.2) is 55.2 Å². The number of nitrogens with zero attached hydrogens (tertiary/aromatic N) is 2. The van der Waals surface area contributed by atoms with E-state index in [0.29, 0.717) is 40.7 Å². The number of ether oxygens (including phenoxy) is 2. The van der Waals surface area contributed by atoms with Gasteiger partial charge in [-0.15, -0.1) is 0 Å². The van der Waals surface area contributed by atoms with Gasteiger partial charge < -0.3 is 19.7 Å². The summed E-state index contributed by atoms with van der Waals surface area (Å²) in [7, 11) is 0. The molecule has 156 valence electrons. The van der Waals surface area contributed by atoms with Gasteiger partial charge in [0.2, 0.25) is 5.88 Å². The standard InChI is InChI=1S/C21H25Cl2N3O3/c22-17-2-5-19(6-3-17)29-15-20(27)24-12-16-8-10-26(14-16)9-1-11-28-21-7-4-18(23)13-25-21/h2-7,13,16H,1,8-12,14-15H2,(H,24,27). The molecule has 2 aromatic rings. The van der Waals surface area contributed by atoms with Crippen molar-refractivity contribution in [3.8, 4) is 11.6 Å². The monoisotopic (exact) mass is 437 g/mol. The summed E-state index contributed by atoms with van der Waals surface area (Å²) in [4.78, 5) is 18.5. The summed E-state index contributed by atoms with van der Waals surface area (Å²) in [6, 6.07) is 10.5. The Hall–Kier alpha value is -2.02. The maximum Gasteiger partial charge on any atom is 0.257 e. The van der Waals surface area contributed by atoms with E-state index in [-0.39, 0.29) is 12.5 Å². The van der Waals surface area contributed by atoms with Gasteiger partial charge in [0, 0.05) is 36.9 Å². The van der Waals surface area contributed by atoms with Gasteiger partial charge in [-0.1, -0.05) is 23.2 Å². The number of amides is 1. The maximum atomic E-state index is 12.0. The number of carbonyl (C=O) groups excluding carboxylic acids is 1. The number of aromatic nitrogens is 1. The van der Waals surface area contributed by atoms with Crippen LogP contribution >= 0.6 is 23.2 Å². The second-order valence-corrected chi connectivity index (χ2v) is 7.89. The Morgan fingerprint density at radius 3 is 2.69 bits per heavy atom. The van der Waals surface area contributed by atoms with Crippen molar-refractivity contribution in [2.45, 2.75) is 12.8 Å². The highest BCUT2D eigenvalue weighted by molar-refractivity contribution is 6.30. The van der Waals surface area contributed by atoms with Crippen LogP contribution in [0.3, 0.4) is 0 Å². The van der Waals surface area contributed by atoms with Crippen LogP contribution in [-0.2, 0) is 4.79 Å². The molecule has 2 heterocycles. The lowest BCUT2D eigenvalue weighted by molar-refractivity contribution is -0.123. The number of benzene rings is 1. The summed E-state index contributed by atoms with van der Waals surface area (Å²) in [5.74, 6) is 1.58. The zero-order chi connectivity index (χ0) is 20.5. The molecule has 1 saturated heterocycles. The molecule has 8 heteroatoms. The molecule has 0 bridgehead atoms. The van der Waals surface area contributed by atoms with Crippen molar-refractivity contribution in [3.05, 3.63) is 52.6 Å². The minimum Gasteiger partial charge on any atom is -0.484 e. The molecule has 0 radical (unpaired) electrons. The number of nitrogens with one attached hydrogen (secondary N) is 1. The summed E-state index contributed by atoms with van der Waals surface area (Å²) in [6.07, 6.45) is 3.59. The fourth-order valence-electron chi connectivity index (χ4n) is 3.18. The van der Waals surface area contributed by atoms with Crippen molar-refractivity contribution in [1.29, 1.82) is 0 Å². The Morgan fingerprint density at radius 1 is 1.14 bits per heavy atom. The van der Waals surface area contributed by atoms with E-state index in [1.807, 2.05) is 0 Å². The number of rotatable bonds is 10. The first-order valence-electron chi connectivity index (χ1n) is 9.70. The van der Waals surface area contributed by atoms with Crippen LogP contribution in [0.2, 0.25) is 10.0 Å². The zero-order valence-corrected chi connectivity index (χ0v) is 17.7. The summed E-state index contributed by atoms with van der Waals surface area (Å²) < 4.78 is 11.1. The lowest BCUT2D eigenvalue weighted by Gasteiger charge is -2.16. The quantitative estimate of drug-likeness (QED) is 0.574. The Kier molecular flexibility index (Phi) is 8.40. The van der Waals surface area contributed by atoms with Crippen molar-refractivity contribution in [3.63, 3.8) is 0 Å². The van der Waals surface area contributed by atoms with Crippen LogP contribution in [0, 0.1) is 5.92 Å². The minimum atomic E-state index is -0.109. The van der Waals surface area contributed by atoms with Crippen molar-refractivity contribution in [2.75, 3.05) is 39.4 Å².